The van der Waals surface area contributed by atoms with E-state index in [1.165, 1.54) is 24.9 Å². The maximum atomic E-state index is 14.4. The number of esters is 1. The average Bonchev–Trinajstić information content (AvgIpc) is 3.64. The van der Waals surface area contributed by atoms with E-state index in [-0.39, 0.29) is 34.8 Å². The summed E-state index contributed by atoms with van der Waals surface area (Å²) < 4.78 is 63.7. The maximum Gasteiger partial charge on any atom is 0.459 e. The molecule has 5 atom stereocenters. The number of nitrogens with one attached hydrogen (secondary N) is 2. The zero-order valence-electron chi connectivity index (χ0n) is 27.6. The van der Waals surface area contributed by atoms with Crippen LogP contribution in [0.4, 0.5) is 11.8 Å². The number of aliphatic hydroxyl groups is 2. The van der Waals surface area contributed by atoms with Gasteiger partial charge in [0.05, 0.1) is 19.2 Å². The number of carbonyl (C=O) groups is 1. The normalized spacial score (nSPS) is 26.4. The van der Waals surface area contributed by atoms with Crippen molar-refractivity contribution in [1.29, 1.82) is 0 Å². The van der Waals surface area contributed by atoms with Gasteiger partial charge in [0, 0.05) is 11.5 Å². The molecule has 2 saturated carbocycles. The predicted octanol–water partition coefficient (Wildman–Crippen LogP) is 2.28. The third kappa shape index (κ3) is 7.93. The van der Waals surface area contributed by atoms with Gasteiger partial charge in [0.15, 0.2) is 23.2 Å². The van der Waals surface area contributed by atoms with Crippen LogP contribution in [0.15, 0.2) is 35.1 Å². The lowest BCUT2D eigenvalue weighted by Crippen LogP contribution is -2.45. The molecule has 0 spiro atoms. The van der Waals surface area contributed by atoms with E-state index < -0.39 is 59.9 Å². The number of nitrogen functional groups attached to an aromatic ring is 1. The molecule has 0 amide bonds. The Balaban J connectivity index is 1.23. The summed E-state index contributed by atoms with van der Waals surface area (Å²) in [6, 6.07) is 6.50. The molecule has 3 fully saturated rings. The van der Waals surface area contributed by atoms with Gasteiger partial charge in [0.2, 0.25) is 16.0 Å². The number of ether oxygens (including phenoxy) is 2. The van der Waals surface area contributed by atoms with Gasteiger partial charge in [-0.15, -0.1) is 4.83 Å². The van der Waals surface area contributed by atoms with Crippen molar-refractivity contribution in [3.8, 4) is 5.75 Å². The zero-order valence-corrected chi connectivity index (χ0v) is 30.9. The van der Waals surface area contributed by atoms with E-state index in [0.717, 1.165) is 47.8 Å². The lowest BCUT2D eigenvalue weighted by molar-refractivity contribution is -0.154. The number of benzene rings is 1. The Bertz CT molecular complexity index is 1890. The summed E-state index contributed by atoms with van der Waals surface area (Å²) in [7, 11) is -6.66. The number of anilines is 2. The quantitative estimate of drug-likeness (QED) is 0.0946. The molecule has 3 heterocycles. The summed E-state index contributed by atoms with van der Waals surface area (Å²) in [5.41, 5.74) is 2.85. The molecule has 0 radical (unpaired) electrons. The molecule has 6 rings (SSSR count). The molecule has 18 nitrogen and oxygen atoms in total. The SMILES string of the molecule is CN(NS(C)(=O)=O)c1nc(N)nc2c1ncn2C1O[C@H](COP(=O)(NC2(C(=O)OC3CCCCC3)CC2)Oc2ccc(Br)cc2)[C@@H](O)[C@@]1(C)O. The van der Waals surface area contributed by atoms with Crippen molar-refractivity contribution in [3.05, 3.63) is 35.1 Å². The van der Waals surface area contributed by atoms with Gasteiger partial charge < -0.3 is 29.9 Å². The Hall–Kier alpha value is -2.94. The largest absolute Gasteiger partial charge is 0.461 e. The molecule has 274 valence electrons. The molecule has 1 saturated heterocycles. The van der Waals surface area contributed by atoms with Gasteiger partial charge in [-0.1, -0.05) is 22.4 Å². The van der Waals surface area contributed by atoms with Crippen LogP contribution in [0.3, 0.4) is 0 Å². The summed E-state index contributed by atoms with van der Waals surface area (Å²) in [4.78, 5) is 28.2. The van der Waals surface area contributed by atoms with Crippen LogP contribution in [0.25, 0.3) is 11.2 Å². The fourth-order valence-electron chi connectivity index (χ4n) is 6.08. The van der Waals surface area contributed by atoms with Crippen molar-refractivity contribution in [1.82, 2.24) is 29.4 Å². The monoisotopic (exact) mass is 802 g/mol. The van der Waals surface area contributed by atoms with E-state index in [1.54, 1.807) is 24.3 Å². The fraction of sp³-hybridized carbons (Fsp3) is 0.586. The zero-order chi connectivity index (χ0) is 36.1. The predicted molar refractivity (Wildman–Crippen MR) is 183 cm³/mol. The van der Waals surface area contributed by atoms with Crippen molar-refractivity contribution in [2.75, 3.05) is 30.7 Å². The Labute approximate surface area is 296 Å². The van der Waals surface area contributed by atoms with Crippen LogP contribution < -0.4 is 25.2 Å². The standard InChI is InChI=1S/C29H40BrN8O10PS/c1-28(41)22(39)20(47-25(28)38-16-32-21-23(33-27(31)34-24(21)38)37(2)36-50(3,43)44)15-45-49(42,48-19-11-9-17(30)10-12-19)35-29(13-14-29)26(40)46-18-7-5-4-6-8-18/h9-12,16,18,20,22,25,36,39,41H,4-8,13-15H2,1-3H3,(H,35,42)(H2,31,33,34)/t20-,22-,25?,28-,49?/m1/s1. The highest BCUT2D eigenvalue weighted by Crippen LogP contribution is 2.53. The second-order valence-electron chi connectivity index (χ2n) is 13.0. The van der Waals surface area contributed by atoms with Gasteiger partial charge in [-0.2, -0.15) is 15.1 Å². The molecule has 1 aromatic carbocycles. The van der Waals surface area contributed by atoms with Gasteiger partial charge in [-0.25, -0.2) is 18.0 Å². The van der Waals surface area contributed by atoms with Gasteiger partial charge in [0.25, 0.3) is 0 Å². The first kappa shape index (κ1) is 36.8. The molecule has 21 heteroatoms. The van der Waals surface area contributed by atoms with E-state index in [0.29, 0.717) is 12.8 Å². The third-order valence-electron chi connectivity index (χ3n) is 8.81. The number of carbonyl (C=O) groups excluding carboxylic acids is 1. The number of aliphatic hydroxyl groups excluding tert-OH is 1. The molecule has 3 aliphatic rings. The van der Waals surface area contributed by atoms with Gasteiger partial charge >= 0.3 is 13.7 Å². The number of fused-ring (bicyclic) bond motifs is 1. The number of nitrogens with zero attached hydrogens (tertiary/aromatic N) is 5. The van der Waals surface area contributed by atoms with E-state index in [1.807, 2.05) is 0 Å². The molecule has 2 unspecified atom stereocenters. The lowest BCUT2D eigenvalue weighted by atomic mass is 9.96. The van der Waals surface area contributed by atoms with Crippen LogP contribution >= 0.6 is 23.7 Å². The first-order chi connectivity index (χ1) is 23.5. The summed E-state index contributed by atoms with van der Waals surface area (Å²) in [6.45, 7) is 0.784. The van der Waals surface area contributed by atoms with E-state index in [4.69, 9.17) is 24.3 Å². The Morgan fingerprint density at radius 1 is 1.22 bits per heavy atom. The minimum Gasteiger partial charge on any atom is -0.461 e. The number of halogens is 1. The summed E-state index contributed by atoms with van der Waals surface area (Å²) in [5.74, 6) is -0.560. The number of sulfonamides is 1. The first-order valence-electron chi connectivity index (χ1n) is 16.0. The van der Waals surface area contributed by atoms with Crippen molar-refractivity contribution in [3.63, 3.8) is 0 Å². The molecule has 2 aliphatic carbocycles. The fourth-order valence-corrected chi connectivity index (χ4v) is 8.67. The van der Waals surface area contributed by atoms with Crippen LogP contribution in [0, 0.1) is 0 Å². The number of nitrogens with two attached hydrogens (primary N) is 1. The number of hydrogen-bond donors (Lipinski definition) is 5. The highest BCUT2D eigenvalue weighted by Gasteiger charge is 2.58. The Morgan fingerprint density at radius 2 is 1.90 bits per heavy atom. The highest BCUT2D eigenvalue weighted by molar-refractivity contribution is 9.10. The van der Waals surface area contributed by atoms with Crippen LogP contribution in [-0.2, 0) is 33.4 Å². The van der Waals surface area contributed by atoms with Crippen molar-refractivity contribution < 1.29 is 46.5 Å². The summed E-state index contributed by atoms with van der Waals surface area (Å²) in [5, 5.41) is 26.7. The molecule has 6 N–H and O–H groups in total. The molecule has 1 aliphatic heterocycles. The summed E-state index contributed by atoms with van der Waals surface area (Å²) >= 11 is 3.35. The average molecular weight is 804 g/mol. The molecular formula is C29H40BrN8O10PS. The molecule has 50 heavy (non-hydrogen) atoms. The number of hydrogen-bond acceptors (Lipinski definition) is 15. The van der Waals surface area contributed by atoms with Crippen LogP contribution in [-0.4, -0.2) is 93.5 Å². The Kier molecular flexibility index (Phi) is 10.2. The topological polar surface area (TPSA) is 243 Å². The van der Waals surface area contributed by atoms with E-state index in [2.05, 4.69) is 40.8 Å². The van der Waals surface area contributed by atoms with Crippen molar-refractivity contribution >= 4 is 62.6 Å². The minimum absolute atomic E-state index is 0.0165. The minimum atomic E-state index is -4.36. The smallest absolute Gasteiger partial charge is 0.459 e. The van der Waals surface area contributed by atoms with Gasteiger partial charge in [-0.05, 0) is 69.7 Å². The lowest BCUT2D eigenvalue weighted by Gasteiger charge is -2.28. The number of hydrazine groups is 1. The number of imidazole rings is 1. The maximum absolute atomic E-state index is 14.4. The Morgan fingerprint density at radius 3 is 2.54 bits per heavy atom. The van der Waals surface area contributed by atoms with Crippen LogP contribution in [0.5, 0.6) is 5.75 Å². The third-order valence-corrected chi connectivity index (χ3v) is 11.6. The highest BCUT2D eigenvalue weighted by atomic mass is 79.9. The van der Waals surface area contributed by atoms with Crippen molar-refractivity contribution in [2.24, 2.45) is 0 Å². The number of aromatic nitrogens is 4. The second kappa shape index (κ2) is 13.9. The first-order valence-corrected chi connectivity index (χ1v) is 20.2. The van der Waals surface area contributed by atoms with Gasteiger partial charge in [0.1, 0.15) is 35.2 Å². The second-order valence-corrected chi connectivity index (χ2v) is 17.3. The molecule has 2 aromatic heterocycles. The van der Waals surface area contributed by atoms with Gasteiger partial charge in [-0.3, -0.25) is 18.9 Å². The molecule has 3 aromatic rings. The summed E-state index contributed by atoms with van der Waals surface area (Å²) in [6.07, 6.45) is 3.09. The van der Waals surface area contributed by atoms with E-state index in [9.17, 15) is 28.0 Å². The van der Waals surface area contributed by atoms with E-state index >= 15 is 0 Å². The number of rotatable bonds is 13. The molecular weight excluding hydrogens is 763 g/mol. The van der Waals surface area contributed by atoms with Crippen LogP contribution in [0.2, 0.25) is 0 Å². The van der Waals surface area contributed by atoms with Crippen molar-refractivity contribution in [2.45, 2.75) is 87.5 Å². The molecule has 0 bridgehead atoms. The van der Waals surface area contributed by atoms with Crippen LogP contribution in [0.1, 0.15) is 58.1 Å².